The molecule has 3 heterocycles. The molecule has 2 fully saturated rings. The van der Waals surface area contributed by atoms with Gasteiger partial charge in [0.15, 0.2) is 0 Å². The van der Waals surface area contributed by atoms with Crippen molar-refractivity contribution in [3.8, 4) is 0 Å². The number of anilines is 1. The Morgan fingerprint density at radius 2 is 2.05 bits per heavy atom. The summed E-state index contributed by atoms with van der Waals surface area (Å²) >= 11 is 0. The Kier molecular flexibility index (Phi) is 4.08. The summed E-state index contributed by atoms with van der Waals surface area (Å²) in [5.41, 5.74) is 0.0185. The monoisotopic (exact) mass is 303 g/mol. The Balaban J connectivity index is 1.65. The number of hydrogen-bond acceptors (Lipinski definition) is 4. The highest BCUT2D eigenvalue weighted by Crippen LogP contribution is 2.25. The zero-order valence-electron chi connectivity index (χ0n) is 13.5. The van der Waals surface area contributed by atoms with Gasteiger partial charge in [-0.05, 0) is 44.2 Å². The SMILES string of the molecule is CC1CCN(C(=O)c2ccc(N3CCC(C)(O)C3)nc2)CC1. The third-order valence-corrected chi connectivity index (χ3v) is 4.84. The molecule has 0 bridgehead atoms. The van der Waals surface area contributed by atoms with Crippen molar-refractivity contribution in [2.75, 3.05) is 31.1 Å². The van der Waals surface area contributed by atoms with E-state index in [1.165, 1.54) is 0 Å². The van der Waals surface area contributed by atoms with Gasteiger partial charge in [0.1, 0.15) is 5.82 Å². The normalized spacial score (nSPS) is 26.5. The molecule has 1 aromatic heterocycles. The van der Waals surface area contributed by atoms with Gasteiger partial charge < -0.3 is 14.9 Å². The minimum atomic E-state index is -0.638. The highest BCUT2D eigenvalue weighted by atomic mass is 16.3. The first-order valence-electron chi connectivity index (χ1n) is 8.17. The van der Waals surface area contributed by atoms with Crippen LogP contribution in [0.3, 0.4) is 0 Å². The van der Waals surface area contributed by atoms with Crippen molar-refractivity contribution in [3.63, 3.8) is 0 Å². The lowest BCUT2D eigenvalue weighted by Gasteiger charge is -2.30. The summed E-state index contributed by atoms with van der Waals surface area (Å²) in [6.45, 7) is 7.17. The zero-order chi connectivity index (χ0) is 15.7. The summed E-state index contributed by atoms with van der Waals surface area (Å²) in [6, 6.07) is 3.75. The van der Waals surface area contributed by atoms with Crippen LogP contribution >= 0.6 is 0 Å². The van der Waals surface area contributed by atoms with Gasteiger partial charge in [0.05, 0.1) is 11.2 Å². The van der Waals surface area contributed by atoms with Gasteiger partial charge in [-0.2, -0.15) is 0 Å². The van der Waals surface area contributed by atoms with Gasteiger partial charge in [0, 0.05) is 32.4 Å². The number of nitrogens with zero attached hydrogens (tertiary/aromatic N) is 3. The van der Waals surface area contributed by atoms with Gasteiger partial charge in [-0.3, -0.25) is 4.79 Å². The number of aromatic nitrogens is 1. The molecule has 0 aromatic carbocycles. The van der Waals surface area contributed by atoms with Gasteiger partial charge in [-0.25, -0.2) is 4.98 Å². The second-order valence-corrected chi connectivity index (χ2v) is 7.05. The van der Waals surface area contributed by atoms with E-state index in [2.05, 4.69) is 16.8 Å². The molecule has 120 valence electrons. The second kappa shape index (κ2) is 5.88. The Morgan fingerprint density at radius 1 is 1.32 bits per heavy atom. The largest absolute Gasteiger partial charge is 0.388 e. The molecule has 0 radical (unpaired) electrons. The lowest BCUT2D eigenvalue weighted by molar-refractivity contribution is 0.0696. The van der Waals surface area contributed by atoms with Gasteiger partial charge >= 0.3 is 0 Å². The number of likely N-dealkylation sites (tertiary alicyclic amines) is 1. The molecule has 1 aromatic rings. The number of β-amino-alcohol motifs (C(OH)–C–C–N with tert-alkyl or cyclic N) is 1. The van der Waals surface area contributed by atoms with E-state index in [0.717, 1.165) is 44.7 Å². The molecule has 1 N–H and O–H groups in total. The predicted octanol–water partition coefficient (Wildman–Crippen LogP) is 1.91. The summed E-state index contributed by atoms with van der Waals surface area (Å²) in [5, 5.41) is 10.0. The minimum absolute atomic E-state index is 0.0827. The molecule has 22 heavy (non-hydrogen) atoms. The Morgan fingerprint density at radius 3 is 2.59 bits per heavy atom. The van der Waals surface area contributed by atoms with Gasteiger partial charge in [0.25, 0.3) is 5.91 Å². The first-order chi connectivity index (χ1) is 10.4. The lowest BCUT2D eigenvalue weighted by Crippen LogP contribution is -2.38. The topological polar surface area (TPSA) is 56.7 Å². The van der Waals surface area contributed by atoms with E-state index in [0.29, 0.717) is 18.0 Å². The van der Waals surface area contributed by atoms with Crippen LogP contribution in [0.5, 0.6) is 0 Å². The first-order valence-corrected chi connectivity index (χ1v) is 8.17. The third-order valence-electron chi connectivity index (χ3n) is 4.84. The molecule has 0 saturated carbocycles. The fraction of sp³-hybridized carbons (Fsp3) is 0.647. The predicted molar refractivity (Wildman–Crippen MR) is 86.0 cm³/mol. The Hall–Kier alpha value is -1.62. The molecule has 1 amide bonds. The maximum atomic E-state index is 12.5. The number of aliphatic hydroxyl groups is 1. The van der Waals surface area contributed by atoms with Crippen LogP contribution in [0.15, 0.2) is 18.3 Å². The molecule has 5 heteroatoms. The van der Waals surface area contributed by atoms with Crippen molar-refractivity contribution in [2.24, 2.45) is 5.92 Å². The summed E-state index contributed by atoms with van der Waals surface area (Å²) in [6.07, 6.45) is 4.59. The lowest BCUT2D eigenvalue weighted by atomic mass is 9.99. The second-order valence-electron chi connectivity index (χ2n) is 7.05. The van der Waals surface area contributed by atoms with Crippen LogP contribution in [0.4, 0.5) is 5.82 Å². The van der Waals surface area contributed by atoms with Crippen LogP contribution < -0.4 is 4.90 Å². The van der Waals surface area contributed by atoms with Crippen molar-refractivity contribution in [1.29, 1.82) is 0 Å². The number of pyridine rings is 1. The van der Waals surface area contributed by atoms with E-state index in [4.69, 9.17) is 0 Å². The summed E-state index contributed by atoms with van der Waals surface area (Å²) < 4.78 is 0. The molecule has 2 aliphatic rings. The van der Waals surface area contributed by atoms with Gasteiger partial charge in [-0.15, -0.1) is 0 Å². The van der Waals surface area contributed by atoms with Crippen LogP contribution in [0.2, 0.25) is 0 Å². The van der Waals surface area contributed by atoms with Crippen LogP contribution in [-0.4, -0.2) is 52.7 Å². The number of carbonyl (C=O) groups is 1. The fourth-order valence-corrected chi connectivity index (χ4v) is 3.23. The van der Waals surface area contributed by atoms with Crippen molar-refractivity contribution in [3.05, 3.63) is 23.9 Å². The van der Waals surface area contributed by atoms with Crippen LogP contribution in [0.1, 0.15) is 43.5 Å². The van der Waals surface area contributed by atoms with E-state index in [1.54, 1.807) is 6.20 Å². The zero-order valence-corrected chi connectivity index (χ0v) is 13.5. The van der Waals surface area contributed by atoms with Gasteiger partial charge in [0.2, 0.25) is 0 Å². The summed E-state index contributed by atoms with van der Waals surface area (Å²) in [5.74, 6) is 1.63. The number of hydrogen-bond donors (Lipinski definition) is 1. The van der Waals surface area contributed by atoms with Crippen molar-refractivity contribution < 1.29 is 9.90 Å². The standard InChI is InChI=1S/C17H25N3O2/c1-13-5-8-19(9-6-13)16(21)14-3-4-15(18-11-14)20-10-7-17(2,22)12-20/h3-4,11,13,22H,5-10,12H2,1-2H3. The minimum Gasteiger partial charge on any atom is -0.388 e. The highest BCUT2D eigenvalue weighted by Gasteiger charge is 2.32. The molecular formula is C17H25N3O2. The summed E-state index contributed by atoms with van der Waals surface area (Å²) in [4.78, 5) is 20.9. The molecule has 1 atom stereocenters. The first kappa shape index (κ1) is 15.3. The average Bonchev–Trinajstić information content (AvgIpc) is 2.88. The van der Waals surface area contributed by atoms with E-state index >= 15 is 0 Å². The van der Waals surface area contributed by atoms with E-state index in [1.807, 2.05) is 24.0 Å². The molecule has 2 aliphatic heterocycles. The maximum absolute atomic E-state index is 12.5. The Labute approximate surface area is 131 Å². The fourth-order valence-electron chi connectivity index (χ4n) is 3.23. The van der Waals surface area contributed by atoms with Crippen molar-refractivity contribution in [1.82, 2.24) is 9.88 Å². The van der Waals surface area contributed by atoms with Crippen molar-refractivity contribution in [2.45, 2.75) is 38.7 Å². The molecule has 1 unspecified atom stereocenters. The highest BCUT2D eigenvalue weighted by molar-refractivity contribution is 5.94. The van der Waals surface area contributed by atoms with Gasteiger partial charge in [-0.1, -0.05) is 6.92 Å². The average molecular weight is 303 g/mol. The summed E-state index contributed by atoms with van der Waals surface area (Å²) in [7, 11) is 0. The van der Waals surface area contributed by atoms with E-state index in [9.17, 15) is 9.90 Å². The van der Waals surface area contributed by atoms with E-state index in [-0.39, 0.29) is 5.91 Å². The smallest absolute Gasteiger partial charge is 0.255 e. The number of piperidine rings is 1. The molecular weight excluding hydrogens is 278 g/mol. The number of rotatable bonds is 2. The van der Waals surface area contributed by atoms with E-state index < -0.39 is 5.60 Å². The molecule has 3 rings (SSSR count). The third kappa shape index (κ3) is 3.24. The maximum Gasteiger partial charge on any atom is 0.255 e. The molecule has 0 aliphatic carbocycles. The van der Waals surface area contributed by atoms with Crippen LogP contribution in [0.25, 0.3) is 0 Å². The quantitative estimate of drug-likeness (QED) is 0.907. The number of carbonyl (C=O) groups excluding carboxylic acids is 1. The van der Waals surface area contributed by atoms with Crippen LogP contribution in [-0.2, 0) is 0 Å². The number of amides is 1. The van der Waals surface area contributed by atoms with Crippen molar-refractivity contribution >= 4 is 11.7 Å². The molecule has 2 saturated heterocycles. The Bertz CT molecular complexity index is 533. The molecule has 5 nitrogen and oxygen atoms in total. The van der Waals surface area contributed by atoms with Crippen LogP contribution in [0, 0.1) is 5.92 Å². The molecule has 0 spiro atoms.